The summed E-state index contributed by atoms with van der Waals surface area (Å²) in [4.78, 5) is 62.1. The lowest BCUT2D eigenvalue weighted by Gasteiger charge is -2.47. The van der Waals surface area contributed by atoms with Crippen LogP contribution >= 0.6 is 43.2 Å². The number of anilines is 1. The number of ketones is 1. The van der Waals surface area contributed by atoms with Crippen LogP contribution in [0.15, 0.2) is 59.5 Å². The second-order valence-corrected chi connectivity index (χ2v) is 26.8. The van der Waals surface area contributed by atoms with Gasteiger partial charge in [-0.15, -0.1) is 0 Å². The van der Waals surface area contributed by atoms with Crippen molar-refractivity contribution in [1.29, 1.82) is 0 Å². The smallest absolute Gasteiger partial charge is 0.411 e. The molecule has 26 nitrogen and oxygen atoms in total. The number of hydroxylamine groups is 1. The van der Waals surface area contributed by atoms with Gasteiger partial charge >= 0.3 is 12.1 Å². The number of alkyl carbamates (subject to hydrolysis) is 1. The van der Waals surface area contributed by atoms with Crippen molar-refractivity contribution in [1.82, 2.24) is 16.1 Å². The number of methoxy groups -OCH3 is 5. The molecule has 2 aliphatic carbocycles. The lowest BCUT2D eigenvalue weighted by atomic mass is 9.73. The van der Waals surface area contributed by atoms with Gasteiger partial charge in [0.05, 0.1) is 106 Å². The van der Waals surface area contributed by atoms with E-state index in [9.17, 15) is 34.8 Å². The van der Waals surface area contributed by atoms with E-state index in [1.165, 1.54) is 95.7 Å². The number of ether oxygens (including phenoxy) is 13. The van der Waals surface area contributed by atoms with Crippen LogP contribution in [0.2, 0.25) is 0 Å². The maximum absolute atomic E-state index is 15.5. The monoisotopic (exact) mass is 1320 g/mol. The number of thioether (sulfide) groups is 1. The van der Waals surface area contributed by atoms with Crippen molar-refractivity contribution >= 4 is 72.6 Å². The molecule has 89 heavy (non-hydrogen) atoms. The highest BCUT2D eigenvalue weighted by Crippen LogP contribution is 2.44. The fourth-order valence-corrected chi connectivity index (χ4v) is 14.1. The maximum atomic E-state index is 15.5. The van der Waals surface area contributed by atoms with E-state index in [1.54, 1.807) is 20.1 Å². The number of hydrogen-bond acceptors (Lipinski definition) is 28. The molecule has 0 radical (unpaired) electrons. The number of aliphatic hydroxyl groups excluding tert-OH is 3. The van der Waals surface area contributed by atoms with E-state index < -0.39 is 134 Å². The van der Waals surface area contributed by atoms with Crippen molar-refractivity contribution < 1.29 is 106 Å². The number of amides is 2. The quantitative estimate of drug-likeness (QED) is 0.0132. The Morgan fingerprint density at radius 3 is 2.21 bits per heavy atom. The van der Waals surface area contributed by atoms with Gasteiger partial charge in [-0.2, -0.15) is 17.2 Å². The Kier molecular flexibility index (Phi) is 26.9. The molecule has 0 aromatic heterocycles. The number of carbonyl (C=O) groups excluding carboxylic acids is 4. The molecule has 0 saturated carbocycles. The molecule has 1 aromatic rings. The average molecular weight is 1330 g/mol. The Morgan fingerprint density at radius 2 is 1.56 bits per heavy atom. The zero-order valence-electron chi connectivity index (χ0n) is 51.4. The fraction of sp³-hybridized carbons (Fsp3) is 0.627. The summed E-state index contributed by atoms with van der Waals surface area (Å²) in [6.45, 7) is 12.7. The first-order chi connectivity index (χ1) is 42.5. The molecule has 7 rings (SSSR count). The second-order valence-electron chi connectivity index (χ2n) is 21.4. The van der Waals surface area contributed by atoms with Crippen molar-refractivity contribution in [3.05, 3.63) is 65.1 Å². The zero-order valence-corrected chi connectivity index (χ0v) is 54.6. The van der Waals surface area contributed by atoms with Crippen LogP contribution in [0, 0.1) is 23.7 Å². The lowest BCUT2D eigenvalue weighted by Crippen LogP contribution is -2.65. The summed E-state index contributed by atoms with van der Waals surface area (Å²) in [6.07, 6.45) is -11.6. The highest BCUT2D eigenvalue weighted by molar-refractivity contribution is 9.09. The van der Waals surface area contributed by atoms with Gasteiger partial charge in [0.25, 0.3) is 5.91 Å². The van der Waals surface area contributed by atoms with Crippen LogP contribution in [-0.4, -0.2) is 226 Å². The van der Waals surface area contributed by atoms with E-state index in [2.05, 4.69) is 51.7 Å². The molecule has 0 spiro atoms. The van der Waals surface area contributed by atoms with E-state index >= 15 is 4.79 Å². The Bertz CT molecular complexity index is 2880. The summed E-state index contributed by atoms with van der Waals surface area (Å²) in [5.41, 5.74) is -0.847. The summed E-state index contributed by atoms with van der Waals surface area (Å²) in [5, 5.41) is 57.0. The summed E-state index contributed by atoms with van der Waals surface area (Å²) in [7, 11) is 10.8. The lowest BCUT2D eigenvalue weighted by molar-refractivity contribution is -0.336. The van der Waals surface area contributed by atoms with Gasteiger partial charge in [0.1, 0.15) is 18.3 Å². The number of Topliss-reactive ketones (excluding diaryl/α,β-unsaturated/α-hetero) is 1. The first-order valence-electron chi connectivity index (χ1n) is 28.4. The number of allylic oxidation sites excluding steroid dienone is 2. The third kappa shape index (κ3) is 17.6. The molecular weight excluding hydrogens is 1240 g/mol. The molecule has 8 N–H and O–H groups in total. The number of rotatable bonds is 25. The number of hydrogen-bond donors (Lipinski definition) is 8. The number of aliphatic hydroxyl groups is 4. The topological polar surface area (TPSA) is 327 Å². The molecule has 17 unspecified atom stereocenters. The van der Waals surface area contributed by atoms with Crippen molar-refractivity contribution in [2.75, 3.05) is 65.7 Å². The number of nitrogens with one attached hydrogen (secondary N) is 4. The van der Waals surface area contributed by atoms with Crippen molar-refractivity contribution in [3.8, 4) is 35.2 Å². The molecule has 1 aromatic carbocycles. The van der Waals surface area contributed by atoms with Crippen molar-refractivity contribution in [2.24, 2.45) is 0 Å². The molecule has 19 atom stereocenters. The minimum atomic E-state index is -2.64. The van der Waals surface area contributed by atoms with Crippen LogP contribution in [0.3, 0.4) is 0 Å². The fourth-order valence-electron chi connectivity index (χ4n) is 10.8. The number of fused-ring (bicyclic) bond motifs is 2. The largest absolute Gasteiger partial charge is 0.493 e. The van der Waals surface area contributed by atoms with Gasteiger partial charge in [-0.25, -0.2) is 9.59 Å². The number of carbonyl (C=O) groups is 4. The number of esters is 1. The summed E-state index contributed by atoms with van der Waals surface area (Å²) in [6, 6.07) is 1.42. The third-order valence-electron chi connectivity index (χ3n) is 15.2. The van der Waals surface area contributed by atoms with Gasteiger partial charge < -0.3 is 92.6 Å². The van der Waals surface area contributed by atoms with Gasteiger partial charge in [0.15, 0.2) is 60.2 Å². The number of benzene rings is 1. The standard InChI is InChI=1S/C59H80N4O22S4/c1-28(2)60-36-27-77-43(26-40(36)73-8)82-52-49(66)47(63-85-45-25-38(65)53(86-12)31(5)79-45)29(3)80-57(52)81-39-18-16-14-15-17-20-59(71)34(19-21-88-89-87-13)46(39)48(62-58(70)76-11)50(67)54(59)83-44-24-37(64)51(30(4)78-44)84-56(69)33-22-41(74-9)42(75-10)23-35(33)61-55(68)32(6)72-7/h14-15,19,22-23,28-31,36-40,43-45,47,49,51-54,57,60,63-66,71H,6,21,24-27H2,1-5,7-13H3,(H,61,68)(H,62,70)/b15-14-,34-19+/t29?,30?,31?,36?,37?,38?,39-,40?,43?,44?,45?,47?,49?,51?,52?,53?,54?,57?,59+/m0/s1. The minimum Gasteiger partial charge on any atom is -0.493 e. The van der Waals surface area contributed by atoms with Crippen LogP contribution in [0.1, 0.15) is 64.2 Å². The molecule has 4 heterocycles. The van der Waals surface area contributed by atoms with Crippen LogP contribution in [0.5, 0.6) is 11.5 Å². The van der Waals surface area contributed by atoms with E-state index in [1.807, 2.05) is 33.3 Å². The van der Waals surface area contributed by atoms with E-state index in [0.717, 1.165) is 7.11 Å². The van der Waals surface area contributed by atoms with Crippen LogP contribution in [0.25, 0.3) is 0 Å². The Balaban J connectivity index is 1.24. The zero-order chi connectivity index (χ0) is 64.9. The van der Waals surface area contributed by atoms with Gasteiger partial charge in [-0.05, 0) is 55.3 Å². The predicted octanol–water partition coefficient (Wildman–Crippen LogP) is 3.42. The van der Waals surface area contributed by atoms with Gasteiger partial charge in [-0.3, -0.25) is 19.7 Å². The SMILES string of the molecule is C=C(OC)C(=O)Nc1cc(OC)c(OC)cc1C(=O)OC1C(O)CC(OC2C(=O)C(NC(=O)OC)=C3/C(=C\CSSSC)[C@]2(O)C#C/C=C\C#C[C@@H]3OC2OC(C)C(NOC3CC(O)C(SC)C(C)O3)C(O)C2OC2CC(OC)C(NC(C)C)CO2)OC1C. The second kappa shape index (κ2) is 33.3. The van der Waals surface area contributed by atoms with Crippen LogP contribution in [0.4, 0.5) is 10.5 Å². The minimum absolute atomic E-state index is 0.0770. The molecule has 4 aliphatic heterocycles. The van der Waals surface area contributed by atoms with Gasteiger partial charge in [0, 0.05) is 61.4 Å². The van der Waals surface area contributed by atoms with Crippen LogP contribution in [-0.2, 0) is 66.5 Å². The Hall–Kier alpha value is -4.62. The Morgan fingerprint density at radius 1 is 0.854 bits per heavy atom. The van der Waals surface area contributed by atoms with E-state index in [-0.39, 0.29) is 88.3 Å². The van der Waals surface area contributed by atoms with Gasteiger partial charge in [0.2, 0.25) is 5.78 Å². The predicted molar refractivity (Wildman–Crippen MR) is 330 cm³/mol. The first-order valence-corrected chi connectivity index (χ1v) is 33.8. The average Bonchev–Trinajstić information content (AvgIpc) is 0.782. The highest BCUT2D eigenvalue weighted by atomic mass is 33.5. The third-order valence-corrected chi connectivity index (χ3v) is 20.2. The molecule has 6 aliphatic rings. The summed E-state index contributed by atoms with van der Waals surface area (Å²) < 4.78 is 77.8. The summed E-state index contributed by atoms with van der Waals surface area (Å²) in [5.74, 6) is 8.71. The molecule has 30 heteroatoms. The molecule has 2 bridgehead atoms. The normalized spacial score (nSPS) is 34.4. The molecular formula is C59H80N4O22S4. The van der Waals surface area contributed by atoms with Crippen LogP contribution < -0.4 is 30.9 Å². The molecule has 4 fully saturated rings. The van der Waals surface area contributed by atoms with Crippen molar-refractivity contribution in [2.45, 2.75) is 175 Å². The van der Waals surface area contributed by atoms with E-state index in [0.29, 0.717) is 0 Å². The molecule has 4 saturated heterocycles. The first kappa shape index (κ1) is 71.8. The van der Waals surface area contributed by atoms with Gasteiger partial charge in [-0.1, -0.05) is 71.8 Å². The van der Waals surface area contributed by atoms with Crippen molar-refractivity contribution in [3.63, 3.8) is 0 Å². The Labute approximate surface area is 533 Å². The molecule has 2 amide bonds. The molecule has 492 valence electrons. The highest BCUT2D eigenvalue weighted by Gasteiger charge is 2.57. The van der Waals surface area contributed by atoms with E-state index in [4.69, 9.17) is 66.4 Å². The summed E-state index contributed by atoms with van der Waals surface area (Å²) >= 11 is 1.47. The maximum Gasteiger partial charge on any atom is 0.411 e.